The Balaban J connectivity index is 1.49. The largest absolute Gasteiger partial charge is 0.483 e. The number of benzene rings is 2. The van der Waals surface area contributed by atoms with Gasteiger partial charge in [0, 0.05) is 28.7 Å². The second-order valence-electron chi connectivity index (χ2n) is 6.90. The van der Waals surface area contributed by atoms with Gasteiger partial charge < -0.3 is 9.72 Å². The minimum absolute atomic E-state index is 0.0114. The van der Waals surface area contributed by atoms with Crippen molar-refractivity contribution >= 4 is 28.4 Å². The van der Waals surface area contributed by atoms with E-state index in [1.54, 1.807) is 24.3 Å². The van der Waals surface area contributed by atoms with Crippen molar-refractivity contribution in [2.45, 2.75) is 25.2 Å². The molecule has 0 aliphatic rings. The van der Waals surface area contributed by atoms with E-state index in [1.165, 1.54) is 17.8 Å². The SMILES string of the molecule is C=CCn1c(COc2ccccc2F)nnc1SCC(=O)c1c(C)[nH]c2ccccc12. The van der Waals surface area contributed by atoms with Crippen molar-refractivity contribution in [2.75, 3.05) is 5.75 Å². The van der Waals surface area contributed by atoms with Crippen molar-refractivity contribution in [3.8, 4) is 5.75 Å². The number of hydrogen-bond acceptors (Lipinski definition) is 5. The van der Waals surface area contributed by atoms with Crippen LogP contribution in [0.1, 0.15) is 21.9 Å². The highest BCUT2D eigenvalue weighted by Gasteiger charge is 2.19. The van der Waals surface area contributed by atoms with Crippen LogP contribution in [0.3, 0.4) is 0 Å². The zero-order chi connectivity index (χ0) is 21.8. The summed E-state index contributed by atoms with van der Waals surface area (Å²) >= 11 is 1.30. The van der Waals surface area contributed by atoms with Crippen LogP contribution in [0.25, 0.3) is 10.9 Å². The first kappa shape index (κ1) is 20.9. The van der Waals surface area contributed by atoms with E-state index in [4.69, 9.17) is 4.74 Å². The Hall–Kier alpha value is -3.39. The lowest BCUT2D eigenvalue weighted by molar-refractivity contribution is 0.102. The third-order valence-corrected chi connectivity index (χ3v) is 5.77. The second kappa shape index (κ2) is 9.18. The van der Waals surface area contributed by atoms with E-state index in [0.717, 1.165) is 16.6 Å². The number of carbonyl (C=O) groups excluding carboxylic acids is 1. The molecule has 4 aromatic rings. The van der Waals surface area contributed by atoms with E-state index in [0.29, 0.717) is 23.1 Å². The normalized spacial score (nSPS) is 11.0. The van der Waals surface area contributed by atoms with Crippen LogP contribution in [0.5, 0.6) is 5.75 Å². The van der Waals surface area contributed by atoms with Gasteiger partial charge in [-0.15, -0.1) is 16.8 Å². The number of aromatic nitrogens is 4. The molecule has 6 nitrogen and oxygen atoms in total. The number of rotatable bonds is 9. The van der Waals surface area contributed by atoms with Crippen LogP contribution >= 0.6 is 11.8 Å². The number of aryl methyl sites for hydroxylation is 1. The first-order valence-electron chi connectivity index (χ1n) is 9.72. The maximum atomic E-state index is 13.8. The molecule has 0 fully saturated rings. The summed E-state index contributed by atoms with van der Waals surface area (Å²) < 4.78 is 21.2. The van der Waals surface area contributed by atoms with Crippen molar-refractivity contribution in [1.82, 2.24) is 19.7 Å². The molecule has 0 unspecified atom stereocenters. The van der Waals surface area contributed by atoms with Crippen molar-refractivity contribution in [2.24, 2.45) is 0 Å². The van der Waals surface area contributed by atoms with E-state index in [-0.39, 0.29) is 23.9 Å². The number of nitrogens with one attached hydrogen (secondary N) is 1. The van der Waals surface area contributed by atoms with Crippen molar-refractivity contribution in [3.05, 3.63) is 84.1 Å². The minimum Gasteiger partial charge on any atom is -0.483 e. The lowest BCUT2D eigenvalue weighted by atomic mass is 10.1. The van der Waals surface area contributed by atoms with Gasteiger partial charge in [0.25, 0.3) is 0 Å². The summed E-state index contributed by atoms with van der Waals surface area (Å²) in [4.78, 5) is 16.2. The number of Topliss-reactive ketones (excluding diaryl/α,β-unsaturated/α-hetero) is 1. The summed E-state index contributed by atoms with van der Waals surface area (Å²) in [6.45, 7) is 6.18. The number of para-hydroxylation sites is 2. The zero-order valence-corrected chi connectivity index (χ0v) is 17.8. The number of carbonyl (C=O) groups is 1. The van der Waals surface area contributed by atoms with Gasteiger partial charge in [-0.25, -0.2) is 4.39 Å². The monoisotopic (exact) mass is 436 g/mol. The Kier molecular flexibility index (Phi) is 6.18. The van der Waals surface area contributed by atoms with E-state index in [9.17, 15) is 9.18 Å². The molecule has 0 aliphatic carbocycles. The molecule has 0 bridgehead atoms. The fourth-order valence-electron chi connectivity index (χ4n) is 3.39. The fraction of sp³-hybridized carbons (Fsp3) is 0.174. The highest BCUT2D eigenvalue weighted by atomic mass is 32.2. The van der Waals surface area contributed by atoms with Crippen LogP contribution in [0.2, 0.25) is 0 Å². The summed E-state index contributed by atoms with van der Waals surface area (Å²) in [5, 5.41) is 9.86. The van der Waals surface area contributed by atoms with E-state index >= 15 is 0 Å². The second-order valence-corrected chi connectivity index (χ2v) is 7.84. The first-order valence-corrected chi connectivity index (χ1v) is 10.7. The number of nitrogens with zero attached hydrogens (tertiary/aromatic N) is 3. The lowest BCUT2D eigenvalue weighted by Crippen LogP contribution is -2.09. The Morgan fingerprint density at radius 1 is 1.23 bits per heavy atom. The molecular weight excluding hydrogens is 415 g/mol. The van der Waals surface area contributed by atoms with Gasteiger partial charge in [-0.2, -0.15) is 0 Å². The van der Waals surface area contributed by atoms with Crippen LogP contribution < -0.4 is 4.74 Å². The number of hydrogen-bond donors (Lipinski definition) is 1. The third-order valence-electron chi connectivity index (χ3n) is 4.80. The molecule has 0 aliphatic heterocycles. The van der Waals surface area contributed by atoms with Crippen LogP contribution in [-0.4, -0.2) is 31.3 Å². The van der Waals surface area contributed by atoms with E-state index in [1.807, 2.05) is 35.8 Å². The van der Waals surface area contributed by atoms with Gasteiger partial charge in [-0.05, 0) is 25.1 Å². The molecule has 0 saturated carbocycles. The molecule has 158 valence electrons. The first-order chi connectivity index (χ1) is 15.1. The lowest BCUT2D eigenvalue weighted by Gasteiger charge is -2.09. The van der Waals surface area contributed by atoms with Crippen molar-refractivity contribution in [1.29, 1.82) is 0 Å². The molecule has 2 heterocycles. The number of allylic oxidation sites excluding steroid dienone is 1. The molecule has 1 N–H and O–H groups in total. The standard InChI is InChI=1S/C23H21FN4O2S/c1-3-12-28-21(13-30-20-11-7-5-9-17(20)24)26-27-23(28)31-14-19(29)22-15(2)25-18-10-6-4-8-16(18)22/h3-11,25H,1,12-14H2,2H3. The Labute approximate surface area is 183 Å². The van der Waals surface area contributed by atoms with Gasteiger partial charge in [0.15, 0.2) is 28.3 Å². The zero-order valence-electron chi connectivity index (χ0n) is 17.0. The average molecular weight is 437 g/mol. The number of ketones is 1. The molecule has 8 heteroatoms. The van der Waals surface area contributed by atoms with Gasteiger partial charge in [-0.3, -0.25) is 9.36 Å². The van der Waals surface area contributed by atoms with Crippen molar-refractivity contribution < 1.29 is 13.9 Å². The fourth-order valence-corrected chi connectivity index (χ4v) is 4.23. The van der Waals surface area contributed by atoms with Crippen LogP contribution in [0.4, 0.5) is 4.39 Å². The maximum absolute atomic E-state index is 13.8. The number of aromatic amines is 1. The van der Waals surface area contributed by atoms with Crippen LogP contribution in [0.15, 0.2) is 66.3 Å². The molecule has 4 rings (SSSR count). The third kappa shape index (κ3) is 4.39. The summed E-state index contributed by atoms with van der Waals surface area (Å²) in [7, 11) is 0. The van der Waals surface area contributed by atoms with Gasteiger partial charge >= 0.3 is 0 Å². The number of thioether (sulfide) groups is 1. The highest BCUT2D eigenvalue weighted by Crippen LogP contribution is 2.26. The summed E-state index contributed by atoms with van der Waals surface area (Å²) in [6.07, 6.45) is 1.71. The molecule has 0 atom stereocenters. The molecule has 0 spiro atoms. The highest BCUT2D eigenvalue weighted by molar-refractivity contribution is 7.99. The molecular formula is C23H21FN4O2S. The summed E-state index contributed by atoms with van der Waals surface area (Å²) in [6, 6.07) is 13.9. The van der Waals surface area contributed by atoms with E-state index < -0.39 is 5.82 Å². The quantitative estimate of drug-likeness (QED) is 0.228. The minimum atomic E-state index is -0.438. The number of ether oxygens (including phenoxy) is 1. The van der Waals surface area contributed by atoms with Gasteiger partial charge in [0.05, 0.1) is 5.75 Å². The number of fused-ring (bicyclic) bond motifs is 1. The average Bonchev–Trinajstić information content (AvgIpc) is 3.31. The van der Waals surface area contributed by atoms with E-state index in [2.05, 4.69) is 21.8 Å². The van der Waals surface area contributed by atoms with Crippen LogP contribution in [-0.2, 0) is 13.2 Å². The molecule has 0 saturated heterocycles. The smallest absolute Gasteiger partial charge is 0.192 e. The Morgan fingerprint density at radius 2 is 2.00 bits per heavy atom. The van der Waals surface area contributed by atoms with Crippen molar-refractivity contribution in [3.63, 3.8) is 0 Å². The predicted octanol–water partition coefficient (Wildman–Crippen LogP) is 4.95. The molecule has 2 aromatic carbocycles. The molecule has 0 radical (unpaired) electrons. The molecule has 31 heavy (non-hydrogen) atoms. The Morgan fingerprint density at radius 3 is 2.81 bits per heavy atom. The molecule has 0 amide bonds. The molecule has 2 aromatic heterocycles. The van der Waals surface area contributed by atoms with Crippen LogP contribution in [0, 0.1) is 12.7 Å². The summed E-state index contributed by atoms with van der Waals surface area (Å²) in [5.41, 5.74) is 2.48. The van der Waals surface area contributed by atoms with Gasteiger partial charge in [0.2, 0.25) is 0 Å². The Bertz CT molecular complexity index is 1250. The van der Waals surface area contributed by atoms with Gasteiger partial charge in [-0.1, -0.05) is 48.2 Å². The maximum Gasteiger partial charge on any atom is 0.192 e. The summed E-state index contributed by atoms with van der Waals surface area (Å²) in [5.74, 6) is 0.464. The predicted molar refractivity (Wildman–Crippen MR) is 119 cm³/mol. The number of halogens is 1. The van der Waals surface area contributed by atoms with Gasteiger partial charge in [0.1, 0.15) is 6.61 Å². The topological polar surface area (TPSA) is 72.8 Å². The number of H-pyrrole nitrogens is 1.